The molecule has 0 radical (unpaired) electrons. The van der Waals surface area contributed by atoms with Crippen LogP contribution in [0.4, 0.5) is 0 Å². The van der Waals surface area contributed by atoms with Crippen LogP contribution in [0.2, 0.25) is 0 Å². The van der Waals surface area contributed by atoms with E-state index in [1.165, 1.54) is 12.8 Å². The third-order valence-electron chi connectivity index (χ3n) is 2.78. The monoisotopic (exact) mass is 285 g/mol. The molecule has 1 saturated heterocycles. The Bertz CT molecular complexity index is 400. The fourth-order valence-corrected chi connectivity index (χ4v) is 3.00. The minimum Gasteiger partial charge on any atom is -0.358 e. The van der Waals surface area contributed by atoms with E-state index in [0.717, 1.165) is 29.7 Å². The molecule has 6 heteroatoms. The molecule has 0 amide bonds. The van der Waals surface area contributed by atoms with Gasteiger partial charge in [-0.05, 0) is 18.8 Å². The molecule has 0 N–H and O–H groups in total. The van der Waals surface area contributed by atoms with Gasteiger partial charge in [0.05, 0.1) is 5.75 Å². The highest BCUT2D eigenvalue weighted by atomic mass is 32.2. The normalized spacial score (nSPS) is 15.6. The predicted octanol–water partition coefficient (Wildman–Crippen LogP) is 2.88. The molecule has 2 heterocycles. The van der Waals surface area contributed by atoms with Crippen molar-refractivity contribution in [2.45, 2.75) is 38.9 Å². The summed E-state index contributed by atoms with van der Waals surface area (Å²) in [6.07, 6.45) is 3.37. The van der Waals surface area contributed by atoms with Crippen LogP contribution in [0, 0.1) is 5.92 Å². The maximum absolute atomic E-state index is 5.39. The molecule has 0 unspecified atom stereocenters. The molecule has 0 spiro atoms. The van der Waals surface area contributed by atoms with Crippen molar-refractivity contribution in [3.8, 4) is 0 Å². The lowest BCUT2D eigenvalue weighted by Crippen LogP contribution is -2.23. The summed E-state index contributed by atoms with van der Waals surface area (Å²) < 4.78 is 6.17. The van der Waals surface area contributed by atoms with Crippen LogP contribution in [0.5, 0.6) is 0 Å². The van der Waals surface area contributed by atoms with Crippen LogP contribution in [-0.2, 0) is 12.2 Å². The molecule has 0 atom stereocenters. The molecular formula is C12H19N3OS2. The van der Waals surface area contributed by atoms with E-state index in [1.54, 1.807) is 11.8 Å². The molecule has 0 bridgehead atoms. The van der Waals surface area contributed by atoms with Crippen LogP contribution < -0.4 is 0 Å². The summed E-state index contributed by atoms with van der Waals surface area (Å²) in [5.41, 5.74) is 0. The Hall–Kier alpha value is -0.620. The summed E-state index contributed by atoms with van der Waals surface area (Å²) >= 11 is 7.01. The van der Waals surface area contributed by atoms with Gasteiger partial charge >= 0.3 is 0 Å². The van der Waals surface area contributed by atoms with Gasteiger partial charge in [-0.1, -0.05) is 43.0 Å². The van der Waals surface area contributed by atoms with E-state index >= 15 is 0 Å². The van der Waals surface area contributed by atoms with E-state index in [2.05, 4.69) is 28.9 Å². The number of hydrogen-bond donors (Lipinski definition) is 0. The first kappa shape index (κ1) is 13.8. The van der Waals surface area contributed by atoms with Crippen LogP contribution in [0.3, 0.4) is 0 Å². The highest BCUT2D eigenvalue weighted by Crippen LogP contribution is 2.19. The quantitative estimate of drug-likeness (QED) is 0.792. The molecule has 1 aromatic heterocycles. The third-order valence-corrected chi connectivity index (χ3v) is 4.29. The van der Waals surface area contributed by atoms with Gasteiger partial charge in [0.15, 0.2) is 5.82 Å². The Morgan fingerprint density at radius 3 is 2.83 bits per heavy atom. The number of nitrogens with zero attached hydrogens (tertiary/aromatic N) is 3. The zero-order valence-electron chi connectivity index (χ0n) is 10.9. The summed E-state index contributed by atoms with van der Waals surface area (Å²) in [5.74, 6) is 2.71. The molecule has 1 fully saturated rings. The number of thioether (sulfide) groups is 1. The van der Waals surface area contributed by atoms with Crippen molar-refractivity contribution >= 4 is 28.3 Å². The third kappa shape index (κ3) is 3.95. The Balaban J connectivity index is 1.79. The van der Waals surface area contributed by atoms with Crippen molar-refractivity contribution in [3.63, 3.8) is 0 Å². The first-order chi connectivity index (χ1) is 8.65. The first-order valence-electron chi connectivity index (χ1n) is 6.38. The van der Waals surface area contributed by atoms with Gasteiger partial charge in [-0.15, -0.1) is 0 Å². The number of hydrogen-bond acceptors (Lipinski definition) is 5. The number of aromatic nitrogens is 2. The minimum atomic E-state index is 0.550. The SMILES string of the molecule is CC(C)Cc1noc(CSC(=S)N2CCCC2)n1. The van der Waals surface area contributed by atoms with Gasteiger partial charge in [0.25, 0.3) is 0 Å². The fourth-order valence-electron chi connectivity index (χ4n) is 1.91. The van der Waals surface area contributed by atoms with Gasteiger partial charge in [-0.3, -0.25) is 0 Å². The summed E-state index contributed by atoms with van der Waals surface area (Å²) in [7, 11) is 0. The van der Waals surface area contributed by atoms with Crippen LogP contribution in [0.25, 0.3) is 0 Å². The van der Waals surface area contributed by atoms with E-state index in [-0.39, 0.29) is 0 Å². The lowest BCUT2D eigenvalue weighted by molar-refractivity contribution is 0.382. The molecular weight excluding hydrogens is 266 g/mol. The number of rotatable bonds is 4. The van der Waals surface area contributed by atoms with E-state index in [9.17, 15) is 0 Å². The van der Waals surface area contributed by atoms with Crippen LogP contribution in [0.15, 0.2) is 4.52 Å². The van der Waals surface area contributed by atoms with Crippen molar-refractivity contribution in [3.05, 3.63) is 11.7 Å². The Kier molecular flexibility index (Phi) is 5.00. The van der Waals surface area contributed by atoms with Crippen LogP contribution in [0.1, 0.15) is 38.4 Å². The van der Waals surface area contributed by atoms with Crippen molar-refractivity contribution < 1.29 is 4.52 Å². The standard InChI is InChI=1S/C12H19N3OS2/c1-9(2)7-10-13-11(16-14-10)8-18-12(17)15-5-3-4-6-15/h9H,3-8H2,1-2H3. The van der Waals surface area contributed by atoms with Crippen LogP contribution in [-0.4, -0.2) is 32.5 Å². The maximum Gasteiger partial charge on any atom is 0.237 e. The molecule has 2 rings (SSSR count). The lowest BCUT2D eigenvalue weighted by atomic mass is 10.1. The molecule has 1 aliphatic heterocycles. The Morgan fingerprint density at radius 2 is 2.17 bits per heavy atom. The van der Waals surface area contributed by atoms with Crippen LogP contribution >= 0.6 is 24.0 Å². The molecule has 4 nitrogen and oxygen atoms in total. The summed E-state index contributed by atoms with van der Waals surface area (Å²) in [6.45, 7) is 6.48. The Morgan fingerprint density at radius 1 is 1.44 bits per heavy atom. The summed E-state index contributed by atoms with van der Waals surface area (Å²) in [4.78, 5) is 6.63. The number of thiocarbonyl (C=S) groups is 1. The first-order valence-corrected chi connectivity index (χ1v) is 7.77. The van der Waals surface area contributed by atoms with Crippen molar-refractivity contribution in [2.24, 2.45) is 5.92 Å². The predicted molar refractivity (Wildman–Crippen MR) is 77.5 cm³/mol. The minimum absolute atomic E-state index is 0.550. The second-order valence-corrected chi connectivity index (χ2v) is 6.56. The second kappa shape index (κ2) is 6.52. The largest absolute Gasteiger partial charge is 0.358 e. The van der Waals surface area contributed by atoms with Gasteiger partial charge < -0.3 is 9.42 Å². The van der Waals surface area contributed by atoms with Crippen molar-refractivity contribution in [1.29, 1.82) is 0 Å². The zero-order chi connectivity index (χ0) is 13.0. The van der Waals surface area contributed by atoms with Crippen molar-refractivity contribution in [2.75, 3.05) is 13.1 Å². The average molecular weight is 285 g/mol. The van der Waals surface area contributed by atoms with E-state index in [0.29, 0.717) is 17.6 Å². The highest BCUT2D eigenvalue weighted by molar-refractivity contribution is 8.22. The molecule has 18 heavy (non-hydrogen) atoms. The summed E-state index contributed by atoms with van der Waals surface area (Å²) in [5, 5.41) is 3.98. The second-order valence-electron chi connectivity index (χ2n) is 4.95. The Labute approximate surface area is 118 Å². The average Bonchev–Trinajstić information content (AvgIpc) is 2.95. The molecule has 0 saturated carbocycles. The van der Waals surface area contributed by atoms with Gasteiger partial charge in [0.1, 0.15) is 4.32 Å². The highest BCUT2D eigenvalue weighted by Gasteiger charge is 2.16. The van der Waals surface area contributed by atoms with Gasteiger partial charge in [-0.2, -0.15) is 4.98 Å². The smallest absolute Gasteiger partial charge is 0.237 e. The number of likely N-dealkylation sites (tertiary alicyclic amines) is 1. The molecule has 0 aromatic carbocycles. The van der Waals surface area contributed by atoms with E-state index in [1.807, 2.05) is 0 Å². The van der Waals surface area contributed by atoms with Gasteiger partial charge in [-0.25, -0.2) is 0 Å². The van der Waals surface area contributed by atoms with Gasteiger partial charge in [0.2, 0.25) is 5.89 Å². The molecule has 1 aliphatic rings. The topological polar surface area (TPSA) is 42.2 Å². The summed E-state index contributed by atoms with van der Waals surface area (Å²) in [6, 6.07) is 0. The molecule has 0 aliphatic carbocycles. The maximum atomic E-state index is 5.39. The van der Waals surface area contributed by atoms with E-state index in [4.69, 9.17) is 16.7 Å². The van der Waals surface area contributed by atoms with E-state index < -0.39 is 0 Å². The molecule has 1 aromatic rings. The lowest BCUT2D eigenvalue weighted by Gasteiger charge is -2.16. The molecule has 100 valence electrons. The van der Waals surface area contributed by atoms with Crippen molar-refractivity contribution in [1.82, 2.24) is 15.0 Å². The zero-order valence-corrected chi connectivity index (χ0v) is 12.5. The van der Waals surface area contributed by atoms with Gasteiger partial charge in [0, 0.05) is 19.5 Å². The fraction of sp³-hybridized carbons (Fsp3) is 0.750.